The molecule has 3 heteroatoms. The number of hydrogen-bond donors (Lipinski definition) is 0. The number of ether oxygens (including phenoxy) is 1. The zero-order chi connectivity index (χ0) is 8.27. The van der Waals surface area contributed by atoms with Gasteiger partial charge in [-0.15, -0.1) is 0 Å². The van der Waals surface area contributed by atoms with Crippen LogP contribution in [0.4, 0.5) is 0 Å². The quantitative estimate of drug-likeness (QED) is 0.519. The van der Waals surface area contributed by atoms with Crippen molar-refractivity contribution < 1.29 is 4.74 Å². The van der Waals surface area contributed by atoms with E-state index in [0.29, 0.717) is 4.32 Å². The minimum Gasteiger partial charge on any atom is -0.497 e. The van der Waals surface area contributed by atoms with Gasteiger partial charge in [-0.25, -0.2) is 0 Å². The van der Waals surface area contributed by atoms with Crippen LogP contribution in [-0.4, -0.2) is 11.4 Å². The molecule has 1 aromatic rings. The van der Waals surface area contributed by atoms with E-state index >= 15 is 0 Å². The second kappa shape index (κ2) is 3.69. The third-order valence-electron chi connectivity index (χ3n) is 1.32. The van der Waals surface area contributed by atoms with Crippen molar-refractivity contribution in [3.05, 3.63) is 29.8 Å². The Balaban J connectivity index is 2.91. The van der Waals surface area contributed by atoms with Crippen molar-refractivity contribution in [3.8, 4) is 5.75 Å². The van der Waals surface area contributed by atoms with Gasteiger partial charge in [-0.1, -0.05) is 23.8 Å². The minimum atomic E-state index is 0.382. The number of hydrogen-bond acceptors (Lipinski definition) is 2. The van der Waals surface area contributed by atoms with Crippen LogP contribution in [0.1, 0.15) is 5.56 Å². The first-order valence-electron chi connectivity index (χ1n) is 3.08. The second-order valence-corrected chi connectivity index (χ2v) is 3.01. The molecule has 1 aromatic carbocycles. The van der Waals surface area contributed by atoms with Crippen molar-refractivity contribution in [2.75, 3.05) is 7.11 Å². The van der Waals surface area contributed by atoms with Gasteiger partial charge < -0.3 is 4.74 Å². The molecule has 0 unspecified atom stereocenters. The highest BCUT2D eigenvalue weighted by Gasteiger charge is 1.95. The van der Waals surface area contributed by atoms with Crippen LogP contribution in [0.25, 0.3) is 0 Å². The van der Waals surface area contributed by atoms with Crippen molar-refractivity contribution in [1.29, 1.82) is 0 Å². The Morgan fingerprint density at radius 1 is 1.36 bits per heavy atom. The van der Waals surface area contributed by atoms with Gasteiger partial charge in [0.2, 0.25) is 0 Å². The van der Waals surface area contributed by atoms with Gasteiger partial charge in [-0.05, 0) is 24.3 Å². The van der Waals surface area contributed by atoms with Gasteiger partial charge in [-0.3, -0.25) is 0 Å². The molecule has 0 aliphatic rings. The molecule has 0 saturated carbocycles. The van der Waals surface area contributed by atoms with Crippen molar-refractivity contribution >= 4 is 28.1 Å². The van der Waals surface area contributed by atoms with E-state index < -0.39 is 0 Å². The Morgan fingerprint density at radius 2 is 1.91 bits per heavy atom. The molecule has 0 atom stereocenters. The Morgan fingerprint density at radius 3 is 2.27 bits per heavy atom. The van der Waals surface area contributed by atoms with Crippen LogP contribution in [0.3, 0.4) is 0 Å². The summed E-state index contributed by atoms with van der Waals surface area (Å²) in [5, 5.41) is 0. The number of benzene rings is 1. The van der Waals surface area contributed by atoms with Crippen LogP contribution in [-0.2, 0) is 0 Å². The zero-order valence-electron chi connectivity index (χ0n) is 6.00. The molecule has 1 nitrogen and oxygen atoms in total. The summed E-state index contributed by atoms with van der Waals surface area (Å²) in [7, 11) is 1.62. The third-order valence-corrected chi connectivity index (χ3v) is 1.77. The molecule has 11 heavy (non-hydrogen) atoms. The third kappa shape index (κ3) is 2.17. The predicted octanol–water partition coefficient (Wildman–Crippen LogP) is 2.61. The van der Waals surface area contributed by atoms with E-state index in [-0.39, 0.29) is 0 Å². The van der Waals surface area contributed by atoms with Crippen molar-refractivity contribution in [2.24, 2.45) is 0 Å². The second-order valence-electron chi connectivity index (χ2n) is 2.00. The Kier molecular flexibility index (Phi) is 2.85. The van der Waals surface area contributed by atoms with Gasteiger partial charge in [-0.2, -0.15) is 0 Å². The number of rotatable bonds is 2. The minimum absolute atomic E-state index is 0.382. The van der Waals surface area contributed by atoms with E-state index in [2.05, 4.69) is 0 Å². The fourth-order valence-corrected chi connectivity index (χ4v) is 0.984. The van der Waals surface area contributed by atoms with Crippen molar-refractivity contribution in [1.82, 2.24) is 0 Å². The lowest BCUT2D eigenvalue weighted by Gasteiger charge is -1.99. The highest BCUT2D eigenvalue weighted by atomic mass is 35.5. The summed E-state index contributed by atoms with van der Waals surface area (Å²) in [5.41, 5.74) is 0.850. The smallest absolute Gasteiger partial charge is 0.118 e. The van der Waals surface area contributed by atoms with E-state index in [1.54, 1.807) is 7.11 Å². The molecule has 0 N–H and O–H groups in total. The number of methoxy groups -OCH3 is 1. The van der Waals surface area contributed by atoms with Crippen LogP contribution >= 0.6 is 23.8 Å². The average Bonchev–Trinajstić information content (AvgIpc) is 2.05. The molecule has 0 amide bonds. The van der Waals surface area contributed by atoms with Crippen molar-refractivity contribution in [3.63, 3.8) is 0 Å². The summed E-state index contributed by atoms with van der Waals surface area (Å²) in [6.07, 6.45) is 0. The van der Waals surface area contributed by atoms with Crippen molar-refractivity contribution in [2.45, 2.75) is 0 Å². The molecule has 58 valence electrons. The lowest BCUT2D eigenvalue weighted by atomic mass is 10.2. The summed E-state index contributed by atoms with van der Waals surface area (Å²) >= 11 is 10.4. The number of thiocarbonyl (C=S) groups is 1. The van der Waals surface area contributed by atoms with Gasteiger partial charge >= 0.3 is 0 Å². The lowest BCUT2D eigenvalue weighted by molar-refractivity contribution is 0.415. The Hall–Kier alpha value is -0.600. The van der Waals surface area contributed by atoms with Crippen LogP contribution in [0.5, 0.6) is 5.75 Å². The van der Waals surface area contributed by atoms with Gasteiger partial charge in [0.1, 0.15) is 10.1 Å². The maximum absolute atomic E-state index is 5.59. The largest absolute Gasteiger partial charge is 0.497 e. The van der Waals surface area contributed by atoms with E-state index in [1.807, 2.05) is 24.3 Å². The molecule has 0 bridgehead atoms. The summed E-state index contributed by atoms with van der Waals surface area (Å²) in [4.78, 5) is 0. The number of halogens is 1. The summed E-state index contributed by atoms with van der Waals surface area (Å²) in [6, 6.07) is 7.30. The molecule has 0 saturated heterocycles. The molecular weight excluding hydrogens is 180 g/mol. The summed E-state index contributed by atoms with van der Waals surface area (Å²) < 4.78 is 5.34. The van der Waals surface area contributed by atoms with Gasteiger partial charge in [0.05, 0.1) is 7.11 Å². The lowest BCUT2D eigenvalue weighted by Crippen LogP contribution is -1.87. The summed E-state index contributed by atoms with van der Waals surface area (Å²) in [6.45, 7) is 0. The fourth-order valence-electron chi connectivity index (χ4n) is 0.722. The molecule has 1 rings (SSSR count). The average molecular weight is 187 g/mol. The first kappa shape index (κ1) is 8.50. The first-order valence-corrected chi connectivity index (χ1v) is 3.86. The molecule has 0 spiro atoms. The monoisotopic (exact) mass is 186 g/mol. The standard InChI is InChI=1S/C8H7ClOS/c1-10-7-4-2-6(3-5-7)8(9)11/h2-5H,1H3. The molecule has 0 aliphatic heterocycles. The van der Waals surface area contributed by atoms with Gasteiger partial charge in [0, 0.05) is 5.56 Å². The van der Waals surface area contributed by atoms with Crippen LogP contribution < -0.4 is 4.74 Å². The van der Waals surface area contributed by atoms with Gasteiger partial charge in [0.25, 0.3) is 0 Å². The summed E-state index contributed by atoms with van der Waals surface area (Å²) in [5.74, 6) is 0.807. The molecule has 0 radical (unpaired) electrons. The topological polar surface area (TPSA) is 9.23 Å². The molecular formula is C8H7ClOS. The van der Waals surface area contributed by atoms with Crippen LogP contribution in [0.2, 0.25) is 0 Å². The Labute approximate surface area is 75.9 Å². The zero-order valence-corrected chi connectivity index (χ0v) is 7.58. The fraction of sp³-hybridized carbons (Fsp3) is 0.125. The molecule has 0 fully saturated rings. The van der Waals surface area contributed by atoms with E-state index in [4.69, 9.17) is 28.6 Å². The van der Waals surface area contributed by atoms with Crippen LogP contribution in [0, 0.1) is 0 Å². The maximum atomic E-state index is 5.59. The first-order chi connectivity index (χ1) is 5.24. The highest BCUT2D eigenvalue weighted by molar-refractivity contribution is 7.83. The Bertz CT molecular complexity index is 255. The SMILES string of the molecule is COc1ccc(C(=S)Cl)cc1. The molecule has 0 heterocycles. The van der Waals surface area contributed by atoms with Crippen LogP contribution in [0.15, 0.2) is 24.3 Å². The normalized spacial score (nSPS) is 9.27. The van der Waals surface area contributed by atoms with E-state index in [1.165, 1.54) is 0 Å². The van der Waals surface area contributed by atoms with Gasteiger partial charge in [0.15, 0.2) is 0 Å². The van der Waals surface area contributed by atoms with E-state index in [0.717, 1.165) is 11.3 Å². The maximum Gasteiger partial charge on any atom is 0.118 e. The molecule has 0 aliphatic carbocycles. The van der Waals surface area contributed by atoms with E-state index in [9.17, 15) is 0 Å². The molecule has 0 aromatic heterocycles. The highest BCUT2D eigenvalue weighted by Crippen LogP contribution is 2.13. The predicted molar refractivity (Wildman–Crippen MR) is 50.5 cm³/mol.